The van der Waals surface area contributed by atoms with Gasteiger partial charge in [0.15, 0.2) is 5.03 Å². The molecule has 3 aromatic rings. The molecule has 1 aliphatic heterocycles. The van der Waals surface area contributed by atoms with Crippen LogP contribution in [0.5, 0.6) is 0 Å². The number of aryl methyl sites for hydroxylation is 1. The van der Waals surface area contributed by atoms with Gasteiger partial charge >= 0.3 is 0 Å². The Hall–Kier alpha value is -2.43. The van der Waals surface area contributed by atoms with Crippen LogP contribution in [-0.2, 0) is 47.9 Å². The minimum absolute atomic E-state index is 0.0299. The largest absolute Gasteiger partial charge is 0.339 e. The lowest BCUT2D eigenvalue weighted by atomic mass is 10.1. The van der Waals surface area contributed by atoms with E-state index < -0.39 is 16.1 Å². The van der Waals surface area contributed by atoms with Gasteiger partial charge in [-0.25, -0.2) is 18.1 Å². The molecule has 0 aliphatic carbocycles. The Labute approximate surface area is 202 Å². The number of carbonyl (C=O) groups excluding carboxylic acids is 1. The van der Waals surface area contributed by atoms with E-state index in [-0.39, 0.29) is 17.5 Å². The fraction of sp³-hybridized carbons (Fsp3) is 0.273. The molecule has 0 saturated carbocycles. The molecule has 0 saturated heterocycles. The maximum absolute atomic E-state index is 12.9. The molecule has 4 rings (SSSR count). The first-order chi connectivity index (χ1) is 15.6. The number of halogens is 2. The summed E-state index contributed by atoms with van der Waals surface area (Å²) in [5.41, 5.74) is 9.72. The van der Waals surface area contributed by atoms with E-state index in [0.29, 0.717) is 29.6 Å². The molecule has 2 aromatic carbocycles. The number of benzene rings is 2. The number of nitrogens with one attached hydrogen (secondary N) is 1. The highest BCUT2D eigenvalue weighted by atomic mass is 35.5. The summed E-state index contributed by atoms with van der Waals surface area (Å²) in [5, 5.41) is 0.975. The van der Waals surface area contributed by atoms with Crippen LogP contribution in [0, 0.1) is 0 Å². The number of carbonyl (C=O) groups is 1. The average molecular weight is 508 g/mol. The molecular weight excluding hydrogens is 485 g/mol. The molecule has 8 nitrogen and oxygen atoms in total. The Morgan fingerprint density at radius 2 is 1.94 bits per heavy atom. The fourth-order valence-electron chi connectivity index (χ4n) is 3.74. The first-order valence-electron chi connectivity index (χ1n) is 10.2. The molecule has 11 heteroatoms. The molecule has 3 N–H and O–H groups in total. The topological polar surface area (TPSA) is 110 Å². The molecule has 0 unspecified atom stereocenters. The van der Waals surface area contributed by atoms with E-state index in [0.717, 1.165) is 22.3 Å². The molecule has 0 spiro atoms. The maximum Gasteiger partial charge on any atom is 0.259 e. The van der Waals surface area contributed by atoms with Crippen molar-refractivity contribution in [3.8, 4) is 0 Å². The van der Waals surface area contributed by atoms with E-state index in [9.17, 15) is 13.2 Å². The summed E-state index contributed by atoms with van der Waals surface area (Å²) in [5.74, 6) is -0.172. The predicted molar refractivity (Wildman–Crippen MR) is 126 cm³/mol. The number of nitrogens with zero attached hydrogens (tertiary/aromatic N) is 3. The second-order valence-corrected chi connectivity index (χ2v) is 10.6. The van der Waals surface area contributed by atoms with Crippen molar-refractivity contribution < 1.29 is 13.2 Å². The van der Waals surface area contributed by atoms with Crippen molar-refractivity contribution in [2.24, 2.45) is 12.8 Å². The standard InChI is InChI=1S/C22H23Cl2N5O3S/c1-28-12-21(26-13-28)33(31,32)27-9-14-2-3-16-10-29(11-17(16)6-14)22(30)20(25)7-15-4-5-18(23)8-19(15)24/h2-6,8,12-13,20,27H,7,9-11,25H2,1H3/t20-/m1/s1. The lowest BCUT2D eigenvalue weighted by molar-refractivity contribution is -0.133. The molecule has 1 atom stereocenters. The van der Waals surface area contributed by atoms with Crippen LogP contribution in [-0.4, -0.2) is 34.8 Å². The van der Waals surface area contributed by atoms with Crippen LogP contribution in [0.4, 0.5) is 0 Å². The van der Waals surface area contributed by atoms with Crippen LogP contribution >= 0.6 is 23.2 Å². The van der Waals surface area contributed by atoms with Crippen molar-refractivity contribution in [1.29, 1.82) is 0 Å². The third-order valence-corrected chi connectivity index (χ3v) is 7.37. The average Bonchev–Trinajstić information content (AvgIpc) is 3.40. The molecule has 0 radical (unpaired) electrons. The zero-order valence-electron chi connectivity index (χ0n) is 17.8. The summed E-state index contributed by atoms with van der Waals surface area (Å²) in [6, 6.07) is 10.1. The van der Waals surface area contributed by atoms with Gasteiger partial charge in [0.2, 0.25) is 5.91 Å². The van der Waals surface area contributed by atoms with E-state index >= 15 is 0 Å². The highest BCUT2D eigenvalue weighted by Crippen LogP contribution is 2.26. The van der Waals surface area contributed by atoms with Crippen molar-refractivity contribution in [2.45, 2.75) is 37.1 Å². The first-order valence-corrected chi connectivity index (χ1v) is 12.4. The highest BCUT2D eigenvalue weighted by molar-refractivity contribution is 7.89. The van der Waals surface area contributed by atoms with Gasteiger partial charge in [0, 0.05) is 42.9 Å². The first kappa shape index (κ1) is 23.7. The number of sulfonamides is 1. The number of imidazole rings is 1. The molecule has 2 heterocycles. The Kier molecular flexibility index (Phi) is 6.78. The smallest absolute Gasteiger partial charge is 0.259 e. The molecule has 174 valence electrons. The van der Waals surface area contributed by atoms with Crippen molar-refractivity contribution >= 4 is 39.1 Å². The third kappa shape index (κ3) is 5.39. The van der Waals surface area contributed by atoms with Gasteiger partial charge in [-0.2, -0.15) is 0 Å². The van der Waals surface area contributed by atoms with Gasteiger partial charge < -0.3 is 15.2 Å². The van der Waals surface area contributed by atoms with E-state index in [4.69, 9.17) is 28.9 Å². The van der Waals surface area contributed by atoms with E-state index in [1.807, 2.05) is 18.2 Å². The fourth-order valence-corrected chi connectivity index (χ4v) is 5.22. The van der Waals surface area contributed by atoms with Gasteiger partial charge in [0.25, 0.3) is 10.0 Å². The van der Waals surface area contributed by atoms with E-state index in [1.165, 1.54) is 12.5 Å². The monoisotopic (exact) mass is 507 g/mol. The van der Waals surface area contributed by atoms with Gasteiger partial charge in [0.1, 0.15) is 0 Å². The minimum atomic E-state index is -3.71. The number of hydrogen-bond acceptors (Lipinski definition) is 5. The van der Waals surface area contributed by atoms with Gasteiger partial charge in [-0.1, -0.05) is 47.5 Å². The second kappa shape index (κ2) is 9.44. The van der Waals surface area contributed by atoms with E-state index in [2.05, 4.69) is 9.71 Å². The van der Waals surface area contributed by atoms with E-state index in [1.54, 1.807) is 34.7 Å². The van der Waals surface area contributed by atoms with Gasteiger partial charge in [-0.3, -0.25) is 4.79 Å². The van der Waals surface area contributed by atoms with Gasteiger partial charge in [-0.05, 0) is 40.8 Å². The van der Waals surface area contributed by atoms with Crippen LogP contribution in [0.2, 0.25) is 10.0 Å². The van der Waals surface area contributed by atoms with Crippen LogP contribution in [0.15, 0.2) is 53.9 Å². The van der Waals surface area contributed by atoms with Crippen molar-refractivity contribution in [1.82, 2.24) is 19.2 Å². The Balaban J connectivity index is 1.38. The maximum atomic E-state index is 12.9. The lowest BCUT2D eigenvalue weighted by Crippen LogP contribution is -2.42. The quantitative estimate of drug-likeness (QED) is 0.510. The number of nitrogens with two attached hydrogens (primary N) is 1. The zero-order chi connectivity index (χ0) is 23.8. The van der Waals surface area contributed by atoms with Gasteiger partial charge in [-0.15, -0.1) is 0 Å². The predicted octanol–water partition coefficient (Wildman–Crippen LogP) is 2.62. The summed E-state index contributed by atoms with van der Waals surface area (Å²) in [6.07, 6.45) is 3.18. The minimum Gasteiger partial charge on any atom is -0.339 e. The molecule has 33 heavy (non-hydrogen) atoms. The van der Waals surface area contributed by atoms with Crippen LogP contribution < -0.4 is 10.5 Å². The molecule has 0 bridgehead atoms. The number of rotatable bonds is 7. The second-order valence-electron chi connectivity index (χ2n) is 8.05. The summed E-state index contributed by atoms with van der Waals surface area (Å²) in [4.78, 5) is 18.5. The normalized spacial score (nSPS) is 14.4. The Morgan fingerprint density at radius 1 is 1.18 bits per heavy atom. The van der Waals surface area contributed by atoms with Crippen LogP contribution in [0.3, 0.4) is 0 Å². The summed E-state index contributed by atoms with van der Waals surface area (Å²) in [7, 11) is -2.00. The zero-order valence-corrected chi connectivity index (χ0v) is 20.2. The summed E-state index contributed by atoms with van der Waals surface area (Å²) >= 11 is 12.1. The number of fused-ring (bicyclic) bond motifs is 1. The van der Waals surface area contributed by atoms with Crippen molar-refractivity contribution in [2.75, 3.05) is 0 Å². The summed E-state index contributed by atoms with van der Waals surface area (Å²) in [6.45, 7) is 0.988. The number of amides is 1. The molecule has 1 aliphatic rings. The SMILES string of the molecule is Cn1cnc(S(=O)(=O)NCc2ccc3c(c2)CN(C(=O)[C@H](N)Cc2ccc(Cl)cc2Cl)C3)c1. The molecular formula is C22H23Cl2N5O3S. The summed E-state index contributed by atoms with van der Waals surface area (Å²) < 4.78 is 28.9. The number of aromatic nitrogens is 2. The lowest BCUT2D eigenvalue weighted by Gasteiger charge is -2.20. The Bertz CT molecular complexity index is 1310. The third-order valence-electron chi connectivity index (χ3n) is 5.50. The molecule has 0 fully saturated rings. The van der Waals surface area contributed by atoms with Crippen molar-refractivity contribution in [3.63, 3.8) is 0 Å². The Morgan fingerprint density at radius 3 is 2.64 bits per heavy atom. The van der Waals surface area contributed by atoms with Crippen LogP contribution in [0.25, 0.3) is 0 Å². The molecule has 1 amide bonds. The van der Waals surface area contributed by atoms with Crippen molar-refractivity contribution in [3.05, 3.63) is 81.2 Å². The number of hydrogen-bond donors (Lipinski definition) is 2. The van der Waals surface area contributed by atoms with Gasteiger partial charge in [0.05, 0.1) is 12.4 Å². The highest BCUT2D eigenvalue weighted by Gasteiger charge is 2.28. The molecule has 1 aromatic heterocycles. The van der Waals surface area contributed by atoms with Crippen LogP contribution in [0.1, 0.15) is 22.3 Å².